The average Bonchev–Trinajstić information content (AvgIpc) is 3.33. The maximum Gasteiger partial charge on any atom is 0.189 e. The van der Waals surface area contributed by atoms with Crippen LogP contribution in [0.15, 0.2) is 72.8 Å². The number of ether oxygens (including phenoxy) is 5. The molecule has 1 aliphatic rings. The van der Waals surface area contributed by atoms with Crippen molar-refractivity contribution in [1.29, 1.82) is 0 Å². The van der Waals surface area contributed by atoms with Gasteiger partial charge in [0.1, 0.15) is 23.9 Å². The van der Waals surface area contributed by atoms with Crippen molar-refractivity contribution in [2.24, 2.45) is 0 Å². The van der Waals surface area contributed by atoms with Crippen LogP contribution >= 0.6 is 11.6 Å². The third-order valence-corrected chi connectivity index (χ3v) is 5.09. The molecule has 5 nitrogen and oxygen atoms in total. The van der Waals surface area contributed by atoms with Gasteiger partial charge in [-0.25, -0.2) is 0 Å². The van der Waals surface area contributed by atoms with Gasteiger partial charge in [0.2, 0.25) is 0 Å². The van der Waals surface area contributed by atoms with Crippen molar-refractivity contribution in [2.45, 2.75) is 19.3 Å². The van der Waals surface area contributed by atoms with Crippen LogP contribution in [-0.4, -0.2) is 26.4 Å². The molecule has 0 spiro atoms. The number of hydrogen-bond donors (Lipinski definition) is 0. The highest BCUT2D eigenvalue weighted by atomic mass is 35.5. The van der Waals surface area contributed by atoms with E-state index in [0.717, 1.165) is 29.0 Å². The highest BCUT2D eigenvalue weighted by molar-refractivity contribution is 6.31. The molecule has 1 fully saturated rings. The molecule has 0 radical (unpaired) electrons. The van der Waals surface area contributed by atoms with Crippen LogP contribution in [0.2, 0.25) is 5.02 Å². The highest BCUT2D eigenvalue weighted by Gasteiger charge is 2.24. The molecule has 1 aliphatic heterocycles. The topological polar surface area (TPSA) is 46.2 Å². The lowest BCUT2D eigenvalue weighted by molar-refractivity contribution is -0.0457. The first-order chi connectivity index (χ1) is 15.3. The molecule has 0 amide bonds. The molecular weight excluding hydrogens is 416 g/mol. The number of halogens is 1. The van der Waals surface area contributed by atoms with Gasteiger partial charge in [0.05, 0.1) is 37.0 Å². The van der Waals surface area contributed by atoms with Crippen molar-refractivity contribution < 1.29 is 23.7 Å². The molecule has 6 heteroatoms. The Kier molecular flexibility index (Phi) is 7.66. The van der Waals surface area contributed by atoms with E-state index < -0.39 is 6.29 Å². The van der Waals surface area contributed by atoms with Crippen molar-refractivity contribution in [3.8, 4) is 17.2 Å². The Bertz CT molecular complexity index is 940. The molecule has 0 saturated carbocycles. The summed E-state index contributed by atoms with van der Waals surface area (Å²) in [5.41, 5.74) is 1.88. The van der Waals surface area contributed by atoms with E-state index in [2.05, 4.69) is 0 Å². The minimum absolute atomic E-state index is 0.470. The minimum Gasteiger partial charge on any atom is -0.493 e. The van der Waals surface area contributed by atoms with Gasteiger partial charge in [0, 0.05) is 6.42 Å². The summed E-state index contributed by atoms with van der Waals surface area (Å²) in [5, 5.41) is 0.579. The van der Waals surface area contributed by atoms with Crippen molar-refractivity contribution in [2.75, 3.05) is 26.4 Å². The maximum absolute atomic E-state index is 6.32. The Morgan fingerprint density at radius 3 is 2.16 bits per heavy atom. The standard InChI is InChI=1S/C25H25ClO5/c26-22-8-4-9-23(24(22)25-29-16-17-30-25)28-15-5-14-27-20-10-12-21(13-11-20)31-18-19-6-2-1-3-7-19/h1-4,6-13,25H,5,14-18H2. The van der Waals surface area contributed by atoms with Gasteiger partial charge in [-0.05, 0) is 42.0 Å². The zero-order valence-corrected chi connectivity index (χ0v) is 17.9. The van der Waals surface area contributed by atoms with E-state index in [-0.39, 0.29) is 0 Å². The summed E-state index contributed by atoms with van der Waals surface area (Å²) in [6.45, 7) is 2.69. The van der Waals surface area contributed by atoms with Crippen molar-refractivity contribution in [1.82, 2.24) is 0 Å². The predicted molar refractivity (Wildman–Crippen MR) is 119 cm³/mol. The molecule has 3 aromatic carbocycles. The van der Waals surface area contributed by atoms with Crippen LogP contribution in [0, 0.1) is 0 Å². The summed E-state index contributed by atoms with van der Waals surface area (Å²) in [7, 11) is 0. The molecule has 1 heterocycles. The van der Waals surface area contributed by atoms with Gasteiger partial charge in [0.15, 0.2) is 6.29 Å². The van der Waals surface area contributed by atoms with E-state index in [1.807, 2.05) is 72.8 Å². The third kappa shape index (κ3) is 6.14. The summed E-state index contributed by atoms with van der Waals surface area (Å²) in [4.78, 5) is 0. The first-order valence-electron chi connectivity index (χ1n) is 10.3. The Labute approximate surface area is 187 Å². The smallest absolute Gasteiger partial charge is 0.189 e. The van der Waals surface area contributed by atoms with E-state index in [1.54, 1.807) is 0 Å². The van der Waals surface area contributed by atoms with E-state index >= 15 is 0 Å². The van der Waals surface area contributed by atoms with Crippen molar-refractivity contribution in [3.63, 3.8) is 0 Å². The Balaban J connectivity index is 1.20. The summed E-state index contributed by atoms with van der Waals surface area (Å²) in [5.74, 6) is 2.28. The molecule has 31 heavy (non-hydrogen) atoms. The monoisotopic (exact) mass is 440 g/mol. The molecule has 0 aromatic heterocycles. The van der Waals surface area contributed by atoms with Gasteiger partial charge in [-0.2, -0.15) is 0 Å². The lowest BCUT2D eigenvalue weighted by Gasteiger charge is -2.17. The zero-order valence-electron chi connectivity index (χ0n) is 17.2. The number of hydrogen-bond acceptors (Lipinski definition) is 5. The second-order valence-corrected chi connectivity index (χ2v) is 7.43. The van der Waals surface area contributed by atoms with Gasteiger partial charge in [-0.3, -0.25) is 0 Å². The van der Waals surface area contributed by atoms with Crippen LogP contribution in [-0.2, 0) is 16.1 Å². The lowest BCUT2D eigenvalue weighted by Crippen LogP contribution is -2.08. The maximum atomic E-state index is 6.32. The number of benzene rings is 3. The first kappa shape index (κ1) is 21.5. The summed E-state index contributed by atoms with van der Waals surface area (Å²) in [6.07, 6.45) is 0.257. The molecule has 0 atom stereocenters. The lowest BCUT2D eigenvalue weighted by atomic mass is 10.2. The van der Waals surface area contributed by atoms with Gasteiger partial charge in [-0.1, -0.05) is 48.0 Å². The highest BCUT2D eigenvalue weighted by Crippen LogP contribution is 2.36. The second-order valence-electron chi connectivity index (χ2n) is 7.02. The fraction of sp³-hybridized carbons (Fsp3) is 0.280. The first-order valence-corrected chi connectivity index (χ1v) is 10.7. The summed E-state index contributed by atoms with van der Waals surface area (Å²) in [6, 6.07) is 23.3. The van der Waals surface area contributed by atoms with Gasteiger partial charge in [0.25, 0.3) is 0 Å². The summed E-state index contributed by atoms with van der Waals surface area (Å²) < 4.78 is 28.7. The van der Waals surface area contributed by atoms with Crippen LogP contribution in [0.5, 0.6) is 17.2 Å². The summed E-state index contributed by atoms with van der Waals surface area (Å²) >= 11 is 6.32. The molecule has 0 N–H and O–H groups in total. The Hall–Kier alpha value is -2.73. The van der Waals surface area contributed by atoms with Gasteiger partial charge < -0.3 is 23.7 Å². The molecule has 0 unspecified atom stereocenters. The van der Waals surface area contributed by atoms with E-state index in [9.17, 15) is 0 Å². The van der Waals surface area contributed by atoms with Crippen LogP contribution in [0.25, 0.3) is 0 Å². The Morgan fingerprint density at radius 1 is 0.742 bits per heavy atom. The van der Waals surface area contributed by atoms with Crippen LogP contribution in [0.1, 0.15) is 23.8 Å². The number of rotatable bonds is 10. The van der Waals surface area contributed by atoms with Crippen molar-refractivity contribution >= 4 is 11.6 Å². The SMILES string of the molecule is Clc1cccc(OCCCOc2ccc(OCc3ccccc3)cc2)c1C1OCCO1. The fourth-order valence-electron chi connectivity index (χ4n) is 3.20. The minimum atomic E-state index is -0.470. The van der Waals surface area contributed by atoms with Crippen LogP contribution in [0.3, 0.4) is 0 Å². The molecule has 0 aliphatic carbocycles. The van der Waals surface area contributed by atoms with Crippen LogP contribution in [0.4, 0.5) is 0 Å². The molecule has 3 aromatic rings. The Morgan fingerprint density at radius 2 is 1.42 bits per heavy atom. The van der Waals surface area contributed by atoms with Crippen LogP contribution < -0.4 is 14.2 Å². The average molecular weight is 441 g/mol. The van der Waals surface area contributed by atoms with E-state index in [4.69, 9.17) is 35.3 Å². The second kappa shape index (κ2) is 11.0. The van der Waals surface area contributed by atoms with E-state index in [0.29, 0.717) is 43.8 Å². The fourth-order valence-corrected chi connectivity index (χ4v) is 3.46. The van der Waals surface area contributed by atoms with Gasteiger partial charge in [-0.15, -0.1) is 0 Å². The molecule has 4 rings (SSSR count). The molecular formula is C25H25ClO5. The third-order valence-electron chi connectivity index (χ3n) is 4.76. The largest absolute Gasteiger partial charge is 0.493 e. The van der Waals surface area contributed by atoms with Crippen molar-refractivity contribution in [3.05, 3.63) is 88.9 Å². The molecule has 162 valence electrons. The molecule has 0 bridgehead atoms. The molecule has 1 saturated heterocycles. The predicted octanol–water partition coefficient (Wildman–Crippen LogP) is 5.81. The van der Waals surface area contributed by atoms with Gasteiger partial charge >= 0.3 is 0 Å². The van der Waals surface area contributed by atoms with E-state index in [1.165, 1.54) is 0 Å². The quantitative estimate of drug-likeness (QED) is 0.372. The zero-order chi connectivity index (χ0) is 21.3. The normalized spacial score (nSPS) is 13.8.